The number of hydrogen-bond donors (Lipinski definition) is 1. The minimum absolute atomic E-state index is 0.557. The van der Waals surface area contributed by atoms with E-state index in [0.717, 1.165) is 45.9 Å². The van der Waals surface area contributed by atoms with Gasteiger partial charge in [-0.2, -0.15) is 0 Å². The molecule has 3 nitrogen and oxygen atoms in total. The van der Waals surface area contributed by atoms with Crippen LogP contribution in [0.5, 0.6) is 0 Å². The van der Waals surface area contributed by atoms with E-state index >= 15 is 0 Å². The Labute approximate surface area is 134 Å². The molecule has 0 aliphatic heterocycles. The van der Waals surface area contributed by atoms with E-state index in [1.165, 1.54) is 12.8 Å². The van der Waals surface area contributed by atoms with Crippen molar-refractivity contribution in [1.82, 2.24) is 9.97 Å². The summed E-state index contributed by atoms with van der Waals surface area (Å²) in [6.45, 7) is 5.22. The number of benzene rings is 1. The molecule has 1 aliphatic carbocycles. The summed E-state index contributed by atoms with van der Waals surface area (Å²) in [5.74, 6) is 2.55. The molecule has 0 saturated heterocycles. The average Bonchev–Trinajstić information content (AvgIpc) is 3.32. The minimum Gasteiger partial charge on any atom is -0.370 e. The Hall–Kier alpha value is -1.42. The van der Waals surface area contributed by atoms with E-state index in [0.29, 0.717) is 5.92 Å². The Balaban J connectivity index is 2.04. The molecule has 0 radical (unpaired) electrons. The zero-order chi connectivity index (χ0) is 14.8. The van der Waals surface area contributed by atoms with E-state index < -0.39 is 0 Å². The van der Waals surface area contributed by atoms with Crippen molar-refractivity contribution in [2.45, 2.75) is 39.0 Å². The molecule has 110 valence electrons. The SMILES string of the molecule is CCCNc1nc(C2CC2)nc(-c2ccc(Br)cc2)c1C. The van der Waals surface area contributed by atoms with Crippen molar-refractivity contribution >= 4 is 21.7 Å². The molecule has 1 saturated carbocycles. The van der Waals surface area contributed by atoms with Gasteiger partial charge in [0.15, 0.2) is 0 Å². The van der Waals surface area contributed by atoms with Gasteiger partial charge in [-0.3, -0.25) is 0 Å². The maximum Gasteiger partial charge on any atom is 0.134 e. The highest BCUT2D eigenvalue weighted by Crippen LogP contribution is 2.40. The number of anilines is 1. The highest BCUT2D eigenvalue weighted by atomic mass is 79.9. The summed E-state index contributed by atoms with van der Waals surface area (Å²) in [5, 5.41) is 3.45. The molecule has 0 unspecified atom stereocenters. The Kier molecular flexibility index (Phi) is 4.24. The molecule has 3 rings (SSSR count). The molecule has 1 heterocycles. The predicted octanol–water partition coefficient (Wildman–Crippen LogP) is 4.91. The molecule has 21 heavy (non-hydrogen) atoms. The van der Waals surface area contributed by atoms with Crippen LogP contribution in [0.25, 0.3) is 11.3 Å². The molecule has 0 spiro atoms. The number of aromatic nitrogens is 2. The Morgan fingerprint density at radius 3 is 2.52 bits per heavy atom. The van der Waals surface area contributed by atoms with Crippen molar-refractivity contribution in [2.24, 2.45) is 0 Å². The first-order valence-corrected chi connectivity index (χ1v) is 8.36. The second-order valence-corrected chi connectivity index (χ2v) is 6.53. The molecule has 0 amide bonds. The van der Waals surface area contributed by atoms with Crippen LogP contribution in [0.15, 0.2) is 28.7 Å². The van der Waals surface area contributed by atoms with Crippen LogP contribution in [0.4, 0.5) is 5.82 Å². The fraction of sp³-hybridized carbons (Fsp3) is 0.412. The van der Waals surface area contributed by atoms with Crippen LogP contribution in [-0.2, 0) is 0 Å². The Bertz CT molecular complexity index is 633. The second-order valence-electron chi connectivity index (χ2n) is 5.61. The first kappa shape index (κ1) is 14.5. The lowest BCUT2D eigenvalue weighted by atomic mass is 10.1. The summed E-state index contributed by atoms with van der Waals surface area (Å²) < 4.78 is 1.09. The van der Waals surface area contributed by atoms with Crippen LogP contribution in [0.3, 0.4) is 0 Å². The third-order valence-electron chi connectivity index (χ3n) is 3.77. The lowest BCUT2D eigenvalue weighted by Gasteiger charge is -2.14. The fourth-order valence-electron chi connectivity index (χ4n) is 2.36. The number of nitrogens with one attached hydrogen (secondary N) is 1. The average molecular weight is 346 g/mol. The van der Waals surface area contributed by atoms with Gasteiger partial charge in [0.1, 0.15) is 11.6 Å². The smallest absolute Gasteiger partial charge is 0.134 e. The van der Waals surface area contributed by atoms with Gasteiger partial charge >= 0.3 is 0 Å². The van der Waals surface area contributed by atoms with E-state index in [-0.39, 0.29) is 0 Å². The zero-order valence-corrected chi connectivity index (χ0v) is 14.1. The number of hydrogen-bond acceptors (Lipinski definition) is 3. The topological polar surface area (TPSA) is 37.8 Å². The highest BCUT2D eigenvalue weighted by molar-refractivity contribution is 9.10. The summed E-state index contributed by atoms with van der Waals surface area (Å²) in [4.78, 5) is 9.58. The van der Waals surface area contributed by atoms with Gasteiger partial charge in [0.25, 0.3) is 0 Å². The third kappa shape index (κ3) is 3.26. The summed E-state index contributed by atoms with van der Waals surface area (Å²) in [5.41, 5.74) is 3.34. The molecule has 1 N–H and O–H groups in total. The van der Waals surface area contributed by atoms with Crippen LogP contribution >= 0.6 is 15.9 Å². The van der Waals surface area contributed by atoms with E-state index in [1.54, 1.807) is 0 Å². The summed E-state index contributed by atoms with van der Waals surface area (Å²) in [7, 11) is 0. The van der Waals surface area contributed by atoms with Gasteiger partial charge in [0, 0.05) is 28.1 Å². The normalized spacial score (nSPS) is 14.2. The first-order valence-electron chi connectivity index (χ1n) is 7.57. The molecule has 1 aliphatic rings. The number of nitrogens with zero attached hydrogens (tertiary/aromatic N) is 2. The predicted molar refractivity (Wildman–Crippen MR) is 90.7 cm³/mol. The lowest BCUT2D eigenvalue weighted by molar-refractivity contribution is 0.902. The van der Waals surface area contributed by atoms with E-state index in [1.807, 2.05) is 0 Å². The van der Waals surface area contributed by atoms with Crippen LogP contribution in [0.2, 0.25) is 0 Å². The molecule has 2 aromatic rings. The Morgan fingerprint density at radius 2 is 1.90 bits per heavy atom. The lowest BCUT2D eigenvalue weighted by Crippen LogP contribution is -2.08. The summed E-state index contributed by atoms with van der Waals surface area (Å²) in [6, 6.07) is 8.35. The van der Waals surface area contributed by atoms with Crippen LogP contribution in [-0.4, -0.2) is 16.5 Å². The largest absolute Gasteiger partial charge is 0.370 e. The van der Waals surface area contributed by atoms with Crippen molar-refractivity contribution in [3.63, 3.8) is 0 Å². The number of halogens is 1. The molecule has 0 atom stereocenters. The van der Waals surface area contributed by atoms with Crippen molar-refractivity contribution in [3.8, 4) is 11.3 Å². The molecular formula is C17H20BrN3. The van der Waals surface area contributed by atoms with Crippen LogP contribution in [0, 0.1) is 6.92 Å². The maximum atomic E-state index is 4.84. The summed E-state index contributed by atoms with van der Waals surface area (Å²) in [6.07, 6.45) is 3.53. The molecule has 0 bridgehead atoms. The zero-order valence-electron chi connectivity index (χ0n) is 12.5. The van der Waals surface area contributed by atoms with Crippen molar-refractivity contribution < 1.29 is 0 Å². The fourth-order valence-corrected chi connectivity index (χ4v) is 2.63. The Morgan fingerprint density at radius 1 is 1.19 bits per heavy atom. The molecule has 4 heteroatoms. The van der Waals surface area contributed by atoms with E-state index in [9.17, 15) is 0 Å². The maximum absolute atomic E-state index is 4.84. The van der Waals surface area contributed by atoms with E-state index in [4.69, 9.17) is 9.97 Å². The number of rotatable bonds is 5. The van der Waals surface area contributed by atoms with Gasteiger partial charge in [0.05, 0.1) is 5.69 Å². The van der Waals surface area contributed by atoms with Gasteiger partial charge < -0.3 is 5.32 Å². The van der Waals surface area contributed by atoms with Crippen molar-refractivity contribution in [2.75, 3.05) is 11.9 Å². The van der Waals surface area contributed by atoms with Gasteiger partial charge in [-0.25, -0.2) is 9.97 Å². The van der Waals surface area contributed by atoms with E-state index in [2.05, 4.69) is 59.4 Å². The standard InChI is InChI=1S/C17H20BrN3/c1-3-10-19-16-11(2)15(12-6-8-14(18)9-7-12)20-17(21-16)13-4-5-13/h6-9,13H,3-5,10H2,1-2H3,(H,19,20,21). The summed E-state index contributed by atoms with van der Waals surface area (Å²) >= 11 is 3.49. The second kappa shape index (κ2) is 6.14. The van der Waals surface area contributed by atoms with Crippen molar-refractivity contribution in [3.05, 3.63) is 40.1 Å². The minimum atomic E-state index is 0.557. The monoisotopic (exact) mass is 345 g/mol. The molecule has 1 fully saturated rings. The van der Waals surface area contributed by atoms with Gasteiger partial charge in [-0.15, -0.1) is 0 Å². The quantitative estimate of drug-likeness (QED) is 0.836. The van der Waals surface area contributed by atoms with Crippen molar-refractivity contribution in [1.29, 1.82) is 0 Å². The molecule has 1 aromatic heterocycles. The highest BCUT2D eigenvalue weighted by Gasteiger charge is 2.28. The van der Waals surface area contributed by atoms with Crippen LogP contribution in [0.1, 0.15) is 43.5 Å². The first-order chi connectivity index (χ1) is 10.2. The van der Waals surface area contributed by atoms with Gasteiger partial charge in [-0.1, -0.05) is 35.0 Å². The molecular weight excluding hydrogens is 326 g/mol. The third-order valence-corrected chi connectivity index (χ3v) is 4.29. The molecule has 1 aromatic carbocycles. The van der Waals surface area contributed by atoms with Crippen LogP contribution < -0.4 is 5.32 Å². The van der Waals surface area contributed by atoms with Gasteiger partial charge in [0.2, 0.25) is 0 Å². The van der Waals surface area contributed by atoms with Gasteiger partial charge in [-0.05, 0) is 38.3 Å².